The summed E-state index contributed by atoms with van der Waals surface area (Å²) in [6, 6.07) is 24.0. The van der Waals surface area contributed by atoms with Gasteiger partial charge in [-0.25, -0.2) is 0 Å². The zero-order valence-corrected chi connectivity index (χ0v) is 18.8. The summed E-state index contributed by atoms with van der Waals surface area (Å²) in [4.78, 5) is 24.2. The molecule has 0 N–H and O–H groups in total. The predicted molar refractivity (Wildman–Crippen MR) is 132 cm³/mol. The maximum Gasteiger partial charge on any atom is 0.311 e. The molecule has 4 heteroatoms. The van der Waals surface area contributed by atoms with Crippen molar-refractivity contribution in [3.63, 3.8) is 0 Å². The van der Waals surface area contributed by atoms with Gasteiger partial charge in [0, 0.05) is 12.0 Å². The van der Waals surface area contributed by atoms with Crippen LogP contribution in [0, 0.1) is 0 Å². The Hall–Kier alpha value is -3.92. The molecule has 0 aliphatic carbocycles. The van der Waals surface area contributed by atoms with Gasteiger partial charge < -0.3 is 9.47 Å². The van der Waals surface area contributed by atoms with E-state index in [1.807, 2.05) is 61.5 Å². The van der Waals surface area contributed by atoms with Crippen LogP contribution in [-0.2, 0) is 4.79 Å². The van der Waals surface area contributed by atoms with Gasteiger partial charge in [-0.15, -0.1) is 0 Å². The van der Waals surface area contributed by atoms with Crippen LogP contribution in [-0.4, -0.2) is 18.4 Å². The Kier molecular flexibility index (Phi) is 8.78. The summed E-state index contributed by atoms with van der Waals surface area (Å²) in [6.45, 7) is 6.43. The molecule has 168 valence electrons. The standard InChI is InChI=1S/C29H28O4/c1-22(2)24-14-18-26(19-15-24)32-21-7-6-10-29(31)33-27-16-11-23(12-17-27)13-20-28(30)25-8-4-3-5-9-25/h3-5,8-9,11-20H,1,6-7,10,21H2,2H3. The number of allylic oxidation sites excluding steroid dienone is 2. The number of rotatable bonds is 11. The highest BCUT2D eigenvalue weighted by Gasteiger charge is 2.05. The summed E-state index contributed by atoms with van der Waals surface area (Å²) < 4.78 is 11.1. The lowest BCUT2D eigenvalue weighted by Gasteiger charge is -2.08. The molecule has 0 radical (unpaired) electrons. The third kappa shape index (κ3) is 7.93. The largest absolute Gasteiger partial charge is 0.494 e. The Morgan fingerprint density at radius 1 is 0.818 bits per heavy atom. The van der Waals surface area contributed by atoms with Crippen molar-refractivity contribution in [2.24, 2.45) is 0 Å². The topological polar surface area (TPSA) is 52.6 Å². The molecule has 0 heterocycles. The number of carbonyl (C=O) groups is 2. The van der Waals surface area contributed by atoms with Crippen LogP contribution in [0.15, 0.2) is 91.5 Å². The maximum absolute atomic E-state index is 12.1. The van der Waals surface area contributed by atoms with Gasteiger partial charge in [-0.2, -0.15) is 0 Å². The lowest BCUT2D eigenvalue weighted by molar-refractivity contribution is -0.134. The first-order valence-corrected chi connectivity index (χ1v) is 11.0. The van der Waals surface area contributed by atoms with E-state index in [9.17, 15) is 9.59 Å². The number of ether oxygens (including phenoxy) is 2. The van der Waals surface area contributed by atoms with Crippen molar-refractivity contribution in [3.05, 3.63) is 108 Å². The van der Waals surface area contributed by atoms with Crippen LogP contribution < -0.4 is 9.47 Å². The molecular formula is C29H28O4. The predicted octanol–water partition coefficient (Wildman–Crippen LogP) is 6.77. The van der Waals surface area contributed by atoms with E-state index in [0.717, 1.165) is 28.9 Å². The summed E-state index contributed by atoms with van der Waals surface area (Å²) in [5, 5.41) is 0. The first-order chi connectivity index (χ1) is 16.0. The highest BCUT2D eigenvalue weighted by molar-refractivity contribution is 6.06. The van der Waals surface area contributed by atoms with Crippen molar-refractivity contribution < 1.29 is 19.1 Å². The van der Waals surface area contributed by atoms with Crippen molar-refractivity contribution in [2.45, 2.75) is 26.2 Å². The highest BCUT2D eigenvalue weighted by atomic mass is 16.5. The molecule has 0 amide bonds. The van der Waals surface area contributed by atoms with Gasteiger partial charge in [0.25, 0.3) is 0 Å². The van der Waals surface area contributed by atoms with Crippen LogP contribution in [0.3, 0.4) is 0 Å². The van der Waals surface area contributed by atoms with Gasteiger partial charge in [0.1, 0.15) is 11.5 Å². The van der Waals surface area contributed by atoms with E-state index in [1.54, 1.807) is 30.3 Å². The van der Waals surface area contributed by atoms with Gasteiger partial charge in [0.2, 0.25) is 0 Å². The van der Waals surface area contributed by atoms with Crippen LogP contribution in [0.1, 0.15) is 47.7 Å². The molecule has 3 aromatic rings. The van der Waals surface area contributed by atoms with Gasteiger partial charge in [-0.1, -0.05) is 72.8 Å². The SMILES string of the molecule is C=C(C)c1ccc(OCCCCC(=O)Oc2ccc(C=CC(=O)c3ccccc3)cc2)cc1. The van der Waals surface area contributed by atoms with Gasteiger partial charge in [-0.05, 0) is 61.2 Å². The van der Waals surface area contributed by atoms with Crippen molar-refractivity contribution >= 4 is 23.4 Å². The molecule has 0 aromatic heterocycles. The Bertz CT molecular complexity index is 1090. The Labute approximate surface area is 195 Å². The molecule has 0 saturated carbocycles. The Morgan fingerprint density at radius 2 is 1.48 bits per heavy atom. The molecule has 0 saturated heterocycles. The van der Waals surface area contributed by atoms with Crippen LogP contribution >= 0.6 is 0 Å². The van der Waals surface area contributed by atoms with Crippen molar-refractivity contribution in [3.8, 4) is 11.5 Å². The summed E-state index contributed by atoms with van der Waals surface area (Å²) in [6.07, 6.45) is 5.05. The number of carbonyl (C=O) groups excluding carboxylic acids is 2. The molecule has 0 aliphatic heterocycles. The average molecular weight is 441 g/mol. The third-order valence-electron chi connectivity index (χ3n) is 4.99. The first-order valence-electron chi connectivity index (χ1n) is 11.0. The number of esters is 1. The molecule has 3 rings (SSSR count). The van der Waals surface area contributed by atoms with E-state index in [-0.39, 0.29) is 11.8 Å². The lowest BCUT2D eigenvalue weighted by Crippen LogP contribution is -2.08. The third-order valence-corrected chi connectivity index (χ3v) is 4.99. The average Bonchev–Trinajstić information content (AvgIpc) is 2.84. The fourth-order valence-corrected chi connectivity index (χ4v) is 3.10. The van der Waals surface area contributed by atoms with Crippen molar-refractivity contribution in [2.75, 3.05) is 6.61 Å². The normalized spacial score (nSPS) is 10.7. The van der Waals surface area contributed by atoms with E-state index in [2.05, 4.69) is 6.58 Å². The second kappa shape index (κ2) is 12.2. The molecule has 33 heavy (non-hydrogen) atoms. The van der Waals surface area contributed by atoms with Gasteiger partial charge in [0.15, 0.2) is 5.78 Å². The zero-order valence-electron chi connectivity index (χ0n) is 18.8. The second-order valence-electron chi connectivity index (χ2n) is 7.72. The molecule has 3 aromatic carbocycles. The van der Waals surface area contributed by atoms with Crippen LogP contribution in [0.5, 0.6) is 11.5 Å². The molecule has 0 bridgehead atoms. The lowest BCUT2D eigenvalue weighted by atomic mass is 10.1. The van der Waals surface area contributed by atoms with E-state index in [4.69, 9.17) is 9.47 Å². The minimum atomic E-state index is -0.275. The highest BCUT2D eigenvalue weighted by Crippen LogP contribution is 2.18. The molecule has 0 spiro atoms. The maximum atomic E-state index is 12.1. The summed E-state index contributed by atoms with van der Waals surface area (Å²) in [5.74, 6) is 0.963. The van der Waals surface area contributed by atoms with Gasteiger partial charge in [-0.3, -0.25) is 9.59 Å². The second-order valence-corrected chi connectivity index (χ2v) is 7.72. The summed E-state index contributed by atoms with van der Waals surface area (Å²) in [7, 11) is 0. The van der Waals surface area contributed by atoms with Crippen LogP contribution in [0.25, 0.3) is 11.6 Å². The fourth-order valence-electron chi connectivity index (χ4n) is 3.10. The zero-order chi connectivity index (χ0) is 23.5. The summed E-state index contributed by atoms with van der Waals surface area (Å²) >= 11 is 0. The number of benzene rings is 3. The molecule has 4 nitrogen and oxygen atoms in total. The molecule has 0 unspecified atom stereocenters. The smallest absolute Gasteiger partial charge is 0.311 e. The quantitative estimate of drug-likeness (QED) is 0.109. The number of hydrogen-bond donors (Lipinski definition) is 0. The summed E-state index contributed by atoms with van der Waals surface area (Å²) in [5.41, 5.74) is 3.61. The van der Waals surface area contributed by atoms with E-state index >= 15 is 0 Å². The van der Waals surface area contributed by atoms with Gasteiger partial charge >= 0.3 is 5.97 Å². The van der Waals surface area contributed by atoms with E-state index in [0.29, 0.717) is 30.8 Å². The Morgan fingerprint density at radius 3 is 2.15 bits per heavy atom. The van der Waals surface area contributed by atoms with Crippen molar-refractivity contribution in [1.29, 1.82) is 0 Å². The van der Waals surface area contributed by atoms with E-state index in [1.165, 1.54) is 6.08 Å². The van der Waals surface area contributed by atoms with Crippen LogP contribution in [0.2, 0.25) is 0 Å². The first kappa shape index (κ1) is 23.7. The fraction of sp³-hybridized carbons (Fsp3) is 0.172. The number of hydrogen-bond acceptors (Lipinski definition) is 4. The molecule has 0 fully saturated rings. The van der Waals surface area contributed by atoms with Crippen LogP contribution in [0.4, 0.5) is 0 Å². The van der Waals surface area contributed by atoms with Crippen molar-refractivity contribution in [1.82, 2.24) is 0 Å². The van der Waals surface area contributed by atoms with Gasteiger partial charge in [0.05, 0.1) is 6.61 Å². The Balaban J connectivity index is 1.36. The van der Waals surface area contributed by atoms with E-state index < -0.39 is 0 Å². The molecule has 0 aliphatic rings. The molecular weight excluding hydrogens is 412 g/mol. The number of unbranched alkanes of at least 4 members (excludes halogenated alkanes) is 1. The number of ketones is 1. The minimum absolute atomic E-state index is 0.0565. The minimum Gasteiger partial charge on any atom is -0.494 e. The molecule has 0 atom stereocenters. The monoisotopic (exact) mass is 440 g/mol.